The number of benzene rings is 1. The fourth-order valence-electron chi connectivity index (χ4n) is 3.40. The highest BCUT2D eigenvalue weighted by Crippen LogP contribution is 2.20. The molecule has 0 unspecified atom stereocenters. The Hall–Kier alpha value is -2.57. The lowest BCUT2D eigenvalue weighted by atomic mass is 10.1. The monoisotopic (exact) mass is 456 g/mol. The lowest BCUT2D eigenvalue weighted by Crippen LogP contribution is -2.42. The Morgan fingerprint density at radius 2 is 1.61 bits per heavy atom. The van der Waals surface area contributed by atoms with Gasteiger partial charge in [0.15, 0.2) is 5.82 Å². The summed E-state index contributed by atoms with van der Waals surface area (Å²) >= 11 is 0. The number of ether oxygens (including phenoxy) is 1. The molecule has 0 spiro atoms. The number of rotatable bonds is 6. The largest absolute Gasteiger partial charge is 0.494 e. The van der Waals surface area contributed by atoms with E-state index in [4.69, 9.17) is 9.26 Å². The van der Waals surface area contributed by atoms with Crippen molar-refractivity contribution in [1.82, 2.24) is 15.0 Å². The molecule has 1 saturated carbocycles. The highest BCUT2D eigenvalue weighted by atomic mass is 16.5. The van der Waals surface area contributed by atoms with Gasteiger partial charge in [-0.3, -0.25) is 4.79 Å². The van der Waals surface area contributed by atoms with E-state index in [-0.39, 0.29) is 5.91 Å². The highest BCUT2D eigenvalue weighted by molar-refractivity contribution is 5.79. The molecule has 2 saturated heterocycles. The summed E-state index contributed by atoms with van der Waals surface area (Å²) in [6.07, 6.45) is 9.95. The van der Waals surface area contributed by atoms with Crippen LogP contribution in [0.15, 0.2) is 28.8 Å². The Bertz CT molecular complexity index is 820. The number of hydrogen-bond donors (Lipinski definition) is 0. The van der Waals surface area contributed by atoms with Gasteiger partial charge in [0.2, 0.25) is 5.91 Å². The van der Waals surface area contributed by atoms with Crippen LogP contribution in [0.4, 0.5) is 6.01 Å². The predicted molar refractivity (Wildman–Crippen MR) is 131 cm³/mol. The number of nitrogens with zero attached hydrogens (tertiary/aromatic N) is 4. The summed E-state index contributed by atoms with van der Waals surface area (Å²) in [4.78, 5) is 20.2. The van der Waals surface area contributed by atoms with Crippen LogP contribution in [0.1, 0.15) is 83.0 Å². The fourth-order valence-corrected chi connectivity index (χ4v) is 3.40. The van der Waals surface area contributed by atoms with Crippen molar-refractivity contribution in [1.29, 1.82) is 0 Å². The first kappa shape index (κ1) is 25.1. The number of amides is 1. The Kier molecular flexibility index (Phi) is 10.0. The second-order valence-electron chi connectivity index (χ2n) is 9.19. The molecule has 5 rings (SSSR count). The molecule has 33 heavy (non-hydrogen) atoms. The van der Waals surface area contributed by atoms with Crippen molar-refractivity contribution < 1.29 is 14.1 Å². The first-order valence-corrected chi connectivity index (χ1v) is 12.6. The van der Waals surface area contributed by atoms with Gasteiger partial charge in [-0.25, -0.2) is 0 Å². The Labute approximate surface area is 198 Å². The summed E-state index contributed by atoms with van der Waals surface area (Å²) in [5, 5.41) is 3.96. The molecule has 1 aromatic heterocycles. The van der Waals surface area contributed by atoms with Crippen LogP contribution in [-0.4, -0.2) is 53.7 Å². The average molecular weight is 457 g/mol. The second kappa shape index (κ2) is 13.2. The third-order valence-corrected chi connectivity index (χ3v) is 5.73. The molecular formula is C26H40N4O3. The van der Waals surface area contributed by atoms with Gasteiger partial charge in [0.1, 0.15) is 5.75 Å². The van der Waals surface area contributed by atoms with Gasteiger partial charge in [0.05, 0.1) is 13.0 Å². The van der Waals surface area contributed by atoms with Gasteiger partial charge in [-0.2, -0.15) is 4.98 Å². The molecule has 182 valence electrons. The van der Waals surface area contributed by atoms with Crippen molar-refractivity contribution in [3.63, 3.8) is 0 Å². The van der Waals surface area contributed by atoms with E-state index in [0.717, 1.165) is 49.7 Å². The standard InChI is InChI=1S/C13H17NO2.C10H17N3O.C3H6/c1-2-16-12-6-4-11(5-7-12)10-13(15)14-8-3-9-14;1-8(2)9-11-10(14-12-9)13-6-4-3-5-7-13;1-2-3-1/h4-7H,2-3,8-10H2,1H3;8H,3-7H2,1-2H3;1-3H2. The van der Waals surface area contributed by atoms with Crippen LogP contribution in [0.2, 0.25) is 0 Å². The van der Waals surface area contributed by atoms with Crippen molar-refractivity contribution in [3.8, 4) is 5.75 Å². The van der Waals surface area contributed by atoms with Gasteiger partial charge >= 0.3 is 6.01 Å². The van der Waals surface area contributed by atoms with Crippen LogP contribution >= 0.6 is 0 Å². The normalized spacial score (nSPS) is 16.7. The van der Waals surface area contributed by atoms with Gasteiger partial charge in [0.25, 0.3) is 0 Å². The summed E-state index contributed by atoms with van der Waals surface area (Å²) in [5.74, 6) is 2.25. The van der Waals surface area contributed by atoms with Crippen LogP contribution in [-0.2, 0) is 11.2 Å². The van der Waals surface area contributed by atoms with E-state index < -0.39 is 0 Å². The smallest absolute Gasteiger partial charge is 0.324 e. The molecule has 1 aliphatic carbocycles. The first-order valence-electron chi connectivity index (χ1n) is 12.6. The molecular weight excluding hydrogens is 416 g/mol. The number of carbonyl (C=O) groups is 1. The van der Waals surface area contributed by atoms with Crippen molar-refractivity contribution in [3.05, 3.63) is 35.7 Å². The fraction of sp³-hybridized carbons (Fsp3) is 0.654. The molecule has 3 aliphatic rings. The molecule has 3 fully saturated rings. The van der Waals surface area contributed by atoms with Gasteiger partial charge in [-0.1, -0.05) is 50.4 Å². The minimum absolute atomic E-state index is 0.232. The minimum atomic E-state index is 0.232. The molecule has 2 aliphatic heterocycles. The van der Waals surface area contributed by atoms with E-state index in [1.54, 1.807) is 0 Å². The Morgan fingerprint density at radius 3 is 2.09 bits per heavy atom. The third-order valence-electron chi connectivity index (χ3n) is 5.73. The Balaban J connectivity index is 0.000000165. The van der Waals surface area contributed by atoms with Crippen LogP contribution in [0.5, 0.6) is 5.75 Å². The number of hydrogen-bond acceptors (Lipinski definition) is 6. The maximum atomic E-state index is 11.7. The van der Waals surface area contributed by atoms with Crippen LogP contribution in [0, 0.1) is 0 Å². The summed E-state index contributed by atoms with van der Waals surface area (Å²) < 4.78 is 10.6. The number of piperidine rings is 1. The van der Waals surface area contributed by atoms with E-state index in [1.165, 1.54) is 38.5 Å². The molecule has 0 N–H and O–H groups in total. The number of aromatic nitrogens is 2. The molecule has 0 bridgehead atoms. The lowest BCUT2D eigenvalue weighted by Gasteiger charge is -2.30. The molecule has 7 nitrogen and oxygen atoms in total. The first-order chi connectivity index (χ1) is 16.1. The third kappa shape index (κ3) is 8.71. The minimum Gasteiger partial charge on any atom is -0.494 e. The SMILES string of the molecule is C1CC1.CC(C)c1noc(N2CCCCC2)n1.CCOc1ccc(CC(=O)N2CCC2)cc1. The molecule has 0 atom stereocenters. The van der Waals surface area contributed by atoms with E-state index in [9.17, 15) is 4.79 Å². The predicted octanol–water partition coefficient (Wildman–Crippen LogP) is 5.21. The molecule has 1 aromatic carbocycles. The van der Waals surface area contributed by atoms with Gasteiger partial charge in [-0.05, 0) is 50.3 Å². The number of likely N-dealkylation sites (tertiary alicyclic amines) is 1. The van der Waals surface area contributed by atoms with E-state index in [0.29, 0.717) is 25.0 Å². The van der Waals surface area contributed by atoms with Gasteiger partial charge in [-0.15, -0.1) is 0 Å². The summed E-state index contributed by atoms with van der Waals surface area (Å²) in [5.41, 5.74) is 1.06. The van der Waals surface area contributed by atoms with Crippen LogP contribution in [0.25, 0.3) is 0 Å². The molecule has 3 heterocycles. The highest BCUT2D eigenvalue weighted by Gasteiger charge is 2.20. The van der Waals surface area contributed by atoms with Crippen molar-refractivity contribution in [2.75, 3.05) is 37.7 Å². The van der Waals surface area contributed by atoms with Crippen molar-refractivity contribution >= 4 is 11.9 Å². The summed E-state index contributed by atoms with van der Waals surface area (Å²) in [7, 11) is 0. The second-order valence-corrected chi connectivity index (χ2v) is 9.19. The van der Waals surface area contributed by atoms with E-state index in [2.05, 4.69) is 28.9 Å². The van der Waals surface area contributed by atoms with E-state index in [1.807, 2.05) is 36.1 Å². The van der Waals surface area contributed by atoms with E-state index >= 15 is 0 Å². The Morgan fingerprint density at radius 1 is 0.970 bits per heavy atom. The summed E-state index contributed by atoms with van der Waals surface area (Å²) in [6.45, 7) is 10.7. The topological polar surface area (TPSA) is 71.7 Å². The number of carbonyl (C=O) groups excluding carboxylic acids is 1. The molecule has 0 radical (unpaired) electrons. The van der Waals surface area contributed by atoms with Crippen LogP contribution in [0.3, 0.4) is 0 Å². The maximum absolute atomic E-state index is 11.7. The van der Waals surface area contributed by atoms with Gasteiger partial charge < -0.3 is 19.1 Å². The molecule has 7 heteroatoms. The zero-order valence-electron chi connectivity index (χ0n) is 20.6. The zero-order valence-corrected chi connectivity index (χ0v) is 20.6. The van der Waals surface area contributed by atoms with Crippen molar-refractivity contribution in [2.45, 2.75) is 78.1 Å². The number of anilines is 1. The average Bonchev–Trinajstić information content (AvgIpc) is 3.59. The van der Waals surface area contributed by atoms with Crippen molar-refractivity contribution in [2.24, 2.45) is 0 Å². The zero-order chi connectivity index (χ0) is 23.5. The summed E-state index contributed by atoms with van der Waals surface area (Å²) in [6, 6.07) is 8.46. The molecule has 2 aromatic rings. The lowest BCUT2D eigenvalue weighted by molar-refractivity contribution is -0.133. The van der Waals surface area contributed by atoms with Gasteiger partial charge in [0, 0.05) is 32.1 Å². The van der Waals surface area contributed by atoms with Crippen LogP contribution < -0.4 is 9.64 Å². The molecule has 1 amide bonds. The quantitative estimate of drug-likeness (QED) is 0.594. The maximum Gasteiger partial charge on any atom is 0.324 e.